The Bertz CT molecular complexity index is 348. The third-order valence-electron chi connectivity index (χ3n) is 3.87. The van der Waals surface area contributed by atoms with Crippen molar-refractivity contribution in [3.8, 4) is 0 Å². The SMILES string of the molecule is CCOC(=O)C(C)(NCCCN=[N+]=[N-])C1(C)CC1. The van der Waals surface area contributed by atoms with E-state index >= 15 is 0 Å². The molecule has 0 heterocycles. The molecule has 0 radical (unpaired) electrons. The van der Waals surface area contributed by atoms with Gasteiger partial charge in [-0.1, -0.05) is 12.0 Å². The molecule has 0 saturated heterocycles. The van der Waals surface area contributed by atoms with Crippen molar-refractivity contribution in [2.75, 3.05) is 19.7 Å². The van der Waals surface area contributed by atoms with E-state index in [-0.39, 0.29) is 11.4 Å². The van der Waals surface area contributed by atoms with E-state index in [0.29, 0.717) is 19.7 Å². The number of nitrogens with one attached hydrogen (secondary N) is 1. The lowest BCUT2D eigenvalue weighted by atomic mass is 9.83. The van der Waals surface area contributed by atoms with Crippen LogP contribution in [0, 0.1) is 5.41 Å². The van der Waals surface area contributed by atoms with Crippen LogP contribution in [0.25, 0.3) is 10.4 Å². The molecule has 0 aromatic heterocycles. The maximum Gasteiger partial charge on any atom is 0.326 e. The Kier molecular flexibility index (Phi) is 4.99. The van der Waals surface area contributed by atoms with E-state index < -0.39 is 5.54 Å². The van der Waals surface area contributed by atoms with Gasteiger partial charge in [-0.3, -0.25) is 4.79 Å². The molecular weight excluding hydrogens is 232 g/mol. The van der Waals surface area contributed by atoms with Gasteiger partial charge in [0.1, 0.15) is 5.54 Å². The molecule has 0 amide bonds. The Morgan fingerprint density at radius 3 is 2.78 bits per heavy atom. The largest absolute Gasteiger partial charge is 0.465 e. The fourth-order valence-corrected chi connectivity index (χ4v) is 2.03. The zero-order valence-electron chi connectivity index (χ0n) is 11.4. The summed E-state index contributed by atoms with van der Waals surface area (Å²) >= 11 is 0. The molecule has 18 heavy (non-hydrogen) atoms. The average molecular weight is 254 g/mol. The number of rotatable bonds is 8. The number of hydrogen-bond donors (Lipinski definition) is 1. The Morgan fingerprint density at radius 2 is 2.28 bits per heavy atom. The topological polar surface area (TPSA) is 87.1 Å². The molecule has 1 fully saturated rings. The molecule has 1 N–H and O–H groups in total. The van der Waals surface area contributed by atoms with Gasteiger partial charge in [-0.2, -0.15) is 0 Å². The number of azide groups is 1. The van der Waals surface area contributed by atoms with Crippen LogP contribution in [0.4, 0.5) is 0 Å². The third-order valence-corrected chi connectivity index (χ3v) is 3.87. The van der Waals surface area contributed by atoms with E-state index in [2.05, 4.69) is 22.3 Å². The molecule has 1 aliphatic rings. The quantitative estimate of drug-likeness (QED) is 0.237. The Hall–Kier alpha value is -1.26. The second-order valence-corrected chi connectivity index (χ2v) is 5.14. The predicted molar refractivity (Wildman–Crippen MR) is 69.0 cm³/mol. The number of carbonyl (C=O) groups is 1. The zero-order chi connectivity index (χ0) is 13.6. The number of carbonyl (C=O) groups excluding carboxylic acids is 1. The van der Waals surface area contributed by atoms with Crippen LogP contribution in [0.2, 0.25) is 0 Å². The van der Waals surface area contributed by atoms with Crippen LogP contribution in [0.3, 0.4) is 0 Å². The molecule has 0 aromatic carbocycles. The minimum Gasteiger partial charge on any atom is -0.465 e. The lowest BCUT2D eigenvalue weighted by Crippen LogP contribution is -2.56. The second kappa shape index (κ2) is 6.07. The third kappa shape index (κ3) is 3.15. The summed E-state index contributed by atoms with van der Waals surface area (Å²) in [7, 11) is 0. The van der Waals surface area contributed by atoms with Crippen LogP contribution in [-0.4, -0.2) is 31.2 Å². The highest BCUT2D eigenvalue weighted by atomic mass is 16.5. The lowest BCUT2D eigenvalue weighted by Gasteiger charge is -2.34. The van der Waals surface area contributed by atoms with Gasteiger partial charge in [-0.15, -0.1) is 0 Å². The summed E-state index contributed by atoms with van der Waals surface area (Å²) in [5, 5.41) is 6.76. The number of hydrogen-bond acceptors (Lipinski definition) is 4. The van der Waals surface area contributed by atoms with Gasteiger partial charge in [0, 0.05) is 11.5 Å². The van der Waals surface area contributed by atoms with Gasteiger partial charge < -0.3 is 10.1 Å². The van der Waals surface area contributed by atoms with E-state index in [1.165, 1.54) is 0 Å². The fraction of sp³-hybridized carbons (Fsp3) is 0.917. The fourth-order valence-electron chi connectivity index (χ4n) is 2.03. The summed E-state index contributed by atoms with van der Waals surface area (Å²) in [6.07, 6.45) is 2.78. The van der Waals surface area contributed by atoms with Crippen molar-refractivity contribution in [3.63, 3.8) is 0 Å². The molecule has 0 aromatic rings. The van der Waals surface area contributed by atoms with Gasteiger partial charge in [-0.25, -0.2) is 0 Å². The molecule has 0 bridgehead atoms. The summed E-state index contributed by atoms with van der Waals surface area (Å²) in [5.41, 5.74) is 7.53. The molecule has 102 valence electrons. The Labute approximate surface area is 108 Å². The molecular formula is C12H22N4O2. The zero-order valence-corrected chi connectivity index (χ0v) is 11.4. The summed E-state index contributed by atoms with van der Waals surface area (Å²) < 4.78 is 5.17. The molecule has 1 saturated carbocycles. The highest BCUT2D eigenvalue weighted by Crippen LogP contribution is 2.54. The van der Waals surface area contributed by atoms with Crippen molar-refractivity contribution in [2.24, 2.45) is 10.5 Å². The van der Waals surface area contributed by atoms with Crippen molar-refractivity contribution in [1.29, 1.82) is 0 Å². The Balaban J connectivity index is 2.56. The minimum absolute atomic E-state index is 0.0161. The van der Waals surface area contributed by atoms with Crippen LogP contribution in [0.1, 0.15) is 40.0 Å². The highest BCUT2D eigenvalue weighted by molar-refractivity contribution is 5.82. The van der Waals surface area contributed by atoms with Crippen molar-refractivity contribution < 1.29 is 9.53 Å². The maximum atomic E-state index is 12.1. The van der Waals surface area contributed by atoms with E-state index in [0.717, 1.165) is 19.3 Å². The summed E-state index contributed by atoms with van der Waals surface area (Å²) in [4.78, 5) is 14.8. The summed E-state index contributed by atoms with van der Waals surface area (Å²) in [6.45, 7) is 7.30. The molecule has 0 aliphatic heterocycles. The van der Waals surface area contributed by atoms with Gasteiger partial charge in [0.2, 0.25) is 0 Å². The van der Waals surface area contributed by atoms with Crippen molar-refractivity contribution in [2.45, 2.75) is 45.6 Å². The molecule has 1 atom stereocenters. The molecule has 1 aliphatic carbocycles. The Morgan fingerprint density at radius 1 is 1.61 bits per heavy atom. The molecule has 1 rings (SSSR count). The minimum atomic E-state index is -0.640. The summed E-state index contributed by atoms with van der Waals surface area (Å²) in [6, 6.07) is 0. The van der Waals surface area contributed by atoms with Crippen molar-refractivity contribution in [3.05, 3.63) is 10.4 Å². The first-order valence-corrected chi connectivity index (χ1v) is 6.43. The summed E-state index contributed by atoms with van der Waals surface area (Å²) in [5.74, 6) is -0.186. The van der Waals surface area contributed by atoms with Crippen molar-refractivity contribution >= 4 is 5.97 Å². The van der Waals surface area contributed by atoms with Gasteiger partial charge in [0.05, 0.1) is 6.61 Å². The average Bonchev–Trinajstić information content (AvgIpc) is 3.08. The first-order valence-electron chi connectivity index (χ1n) is 6.43. The monoisotopic (exact) mass is 254 g/mol. The number of ether oxygens (including phenoxy) is 1. The lowest BCUT2D eigenvalue weighted by molar-refractivity contribution is -0.153. The van der Waals surface area contributed by atoms with Crippen LogP contribution < -0.4 is 5.32 Å². The smallest absolute Gasteiger partial charge is 0.326 e. The second-order valence-electron chi connectivity index (χ2n) is 5.14. The van der Waals surface area contributed by atoms with Crippen LogP contribution in [-0.2, 0) is 9.53 Å². The number of nitrogens with zero attached hydrogens (tertiary/aromatic N) is 3. The van der Waals surface area contributed by atoms with Crippen LogP contribution in [0.5, 0.6) is 0 Å². The van der Waals surface area contributed by atoms with Gasteiger partial charge >= 0.3 is 5.97 Å². The first kappa shape index (κ1) is 14.8. The maximum absolute atomic E-state index is 12.1. The molecule has 6 nitrogen and oxygen atoms in total. The van der Waals surface area contributed by atoms with Gasteiger partial charge in [0.25, 0.3) is 0 Å². The van der Waals surface area contributed by atoms with Crippen LogP contribution in [0.15, 0.2) is 5.11 Å². The molecule has 6 heteroatoms. The van der Waals surface area contributed by atoms with Crippen molar-refractivity contribution in [1.82, 2.24) is 5.32 Å². The standard InChI is InChI=1S/C12H22N4O2/c1-4-18-10(17)12(3,11(2)6-7-11)14-8-5-9-15-16-13/h14H,4-9H2,1-3H3. The van der Waals surface area contributed by atoms with E-state index in [1.54, 1.807) is 0 Å². The normalized spacial score (nSPS) is 19.5. The van der Waals surface area contributed by atoms with E-state index in [4.69, 9.17) is 10.3 Å². The number of esters is 1. The van der Waals surface area contributed by atoms with Gasteiger partial charge in [0.15, 0.2) is 0 Å². The highest BCUT2D eigenvalue weighted by Gasteiger charge is 2.57. The van der Waals surface area contributed by atoms with E-state index in [9.17, 15) is 4.79 Å². The first-order chi connectivity index (χ1) is 8.50. The van der Waals surface area contributed by atoms with Crippen LogP contribution >= 0.6 is 0 Å². The predicted octanol–water partition coefficient (Wildman–Crippen LogP) is 2.40. The van der Waals surface area contributed by atoms with Gasteiger partial charge in [-0.05, 0) is 50.6 Å². The molecule has 0 spiro atoms. The molecule has 1 unspecified atom stereocenters. The van der Waals surface area contributed by atoms with E-state index in [1.807, 2.05) is 13.8 Å².